The molecule has 0 saturated heterocycles. The van der Waals surface area contributed by atoms with Gasteiger partial charge in [-0.05, 0) is 13.0 Å². The number of carboxylic acids is 1. The number of halogens is 1. The van der Waals surface area contributed by atoms with Gasteiger partial charge in [0.15, 0.2) is 0 Å². The molecule has 0 aromatic rings. The fraction of sp³-hybridized carbons (Fsp3) is 0.167. The Morgan fingerprint density at radius 3 is 2.00 bits per heavy atom. The van der Waals surface area contributed by atoms with E-state index in [1.165, 1.54) is 6.08 Å². The summed E-state index contributed by atoms with van der Waals surface area (Å²) in [4.78, 5) is 9.64. The van der Waals surface area contributed by atoms with Crippen molar-refractivity contribution >= 4 is 5.97 Å². The Bertz CT molecular complexity index is 135. The van der Waals surface area contributed by atoms with Gasteiger partial charge in [-0.1, -0.05) is 18.2 Å². The molecule has 0 aliphatic carbocycles. The average Bonchev–Trinajstić information content (AvgIpc) is 1.66. The van der Waals surface area contributed by atoms with Crippen LogP contribution in [0, 0.1) is 0 Å². The van der Waals surface area contributed by atoms with Crippen LogP contribution in [0.1, 0.15) is 6.92 Å². The fourth-order valence-electron chi connectivity index (χ4n) is 0.245. The van der Waals surface area contributed by atoms with Gasteiger partial charge in [0, 0.05) is 0 Å². The molecule has 5 heteroatoms. The third kappa shape index (κ3) is 24.5. The van der Waals surface area contributed by atoms with Crippen molar-refractivity contribution in [3.8, 4) is 0 Å². The molecule has 0 N–H and O–H groups in total. The van der Waals surface area contributed by atoms with Crippen LogP contribution in [0.4, 0.5) is 0 Å². The number of aliphatic carboxylic acids is 1. The van der Waals surface area contributed by atoms with E-state index in [4.69, 9.17) is 0 Å². The molecule has 0 saturated carbocycles. The molecule has 0 rings (SSSR count). The van der Waals surface area contributed by atoms with Crippen LogP contribution in [-0.2, 0) is 4.79 Å². The zero-order chi connectivity index (χ0) is 6.41. The van der Waals surface area contributed by atoms with Crippen LogP contribution in [0.3, 0.4) is 0 Å². The molecule has 0 aromatic heterocycles. The molecule has 0 bridgehead atoms. The predicted octanol–water partition coefficient (Wildman–Crippen LogP) is -9.12. The van der Waals surface area contributed by atoms with Gasteiger partial charge in [-0.2, -0.15) is 0 Å². The summed E-state index contributed by atoms with van der Waals surface area (Å²) in [5, 5.41) is 9.64. The minimum atomic E-state index is -1.16. The summed E-state index contributed by atoms with van der Waals surface area (Å²) in [5.74, 6) is -1.16. The second kappa shape index (κ2) is 18.3. The maximum atomic E-state index is 9.64. The Kier molecular flexibility index (Phi) is 39.0. The Hall–Kier alpha value is 2.51. The van der Waals surface area contributed by atoms with Gasteiger partial charge in [-0.25, -0.2) is 0 Å². The first-order valence-corrected chi connectivity index (χ1v) is 2.27. The number of carbonyl (C=O) groups is 1. The zero-order valence-electron chi connectivity index (χ0n) is 7.00. The monoisotopic (exact) mass is 224 g/mol. The van der Waals surface area contributed by atoms with Crippen LogP contribution >= 0.6 is 0 Å². The summed E-state index contributed by atoms with van der Waals surface area (Å²) in [6.45, 7) is 1.81. The maximum absolute atomic E-state index is 9.64. The van der Waals surface area contributed by atoms with Gasteiger partial charge < -0.3 is 22.3 Å². The van der Waals surface area contributed by atoms with Crippen molar-refractivity contribution in [2.24, 2.45) is 0 Å². The fourth-order valence-corrected chi connectivity index (χ4v) is 0.245. The summed E-state index contributed by atoms with van der Waals surface area (Å²) < 4.78 is 0. The molecule has 0 aliphatic heterocycles. The summed E-state index contributed by atoms with van der Waals surface area (Å²) in [7, 11) is 0. The SMILES string of the molecule is C/C=C/C=C/C(=O)[O-].[Cl-].[K+].[K+]. The smallest absolute Gasteiger partial charge is 1.00 e. The number of rotatable bonds is 2. The minimum absolute atomic E-state index is 0. The Balaban J connectivity index is -0.0000000817. The van der Waals surface area contributed by atoms with Crippen molar-refractivity contribution in [1.82, 2.24) is 0 Å². The minimum Gasteiger partial charge on any atom is -1.00 e. The number of carbonyl (C=O) groups excluding carboxylic acids is 1. The molecule has 0 unspecified atom stereocenters. The Morgan fingerprint density at radius 1 is 1.27 bits per heavy atom. The molecule has 0 spiro atoms. The summed E-state index contributed by atoms with van der Waals surface area (Å²) in [6, 6.07) is 0. The third-order valence-electron chi connectivity index (χ3n) is 0.536. The quantitative estimate of drug-likeness (QED) is 0.266. The molecule has 0 heterocycles. The van der Waals surface area contributed by atoms with Gasteiger partial charge in [0.25, 0.3) is 0 Å². The molecule has 0 aliphatic rings. The molecule has 11 heavy (non-hydrogen) atoms. The molecule has 0 aromatic carbocycles. The number of carboxylic acid groups (broad SMARTS) is 1. The van der Waals surface area contributed by atoms with Crippen LogP contribution in [-0.4, -0.2) is 5.97 Å². The van der Waals surface area contributed by atoms with E-state index in [1.54, 1.807) is 19.1 Å². The first-order chi connectivity index (χ1) is 3.77. The van der Waals surface area contributed by atoms with E-state index in [9.17, 15) is 9.90 Å². The summed E-state index contributed by atoms with van der Waals surface area (Å²) in [6.07, 6.45) is 5.74. The van der Waals surface area contributed by atoms with Crippen LogP contribution in [0.5, 0.6) is 0 Å². The van der Waals surface area contributed by atoms with Crippen LogP contribution in [0.2, 0.25) is 0 Å². The van der Waals surface area contributed by atoms with Crippen molar-refractivity contribution in [3.63, 3.8) is 0 Å². The molecule has 52 valence electrons. The van der Waals surface area contributed by atoms with Gasteiger partial charge in [0.1, 0.15) is 0 Å². The summed E-state index contributed by atoms with van der Waals surface area (Å²) in [5.41, 5.74) is 0. The molecular formula is C6H7ClK2O2. The van der Waals surface area contributed by atoms with Crippen molar-refractivity contribution < 1.29 is 125 Å². The van der Waals surface area contributed by atoms with Crippen LogP contribution < -0.4 is 120 Å². The number of hydrogen-bond acceptors (Lipinski definition) is 2. The second-order valence-electron chi connectivity index (χ2n) is 1.20. The molecular weight excluding hydrogens is 218 g/mol. The van der Waals surface area contributed by atoms with Crippen molar-refractivity contribution in [2.75, 3.05) is 0 Å². The van der Waals surface area contributed by atoms with Gasteiger partial charge in [-0.3, -0.25) is 0 Å². The Morgan fingerprint density at radius 2 is 1.73 bits per heavy atom. The molecule has 2 nitrogen and oxygen atoms in total. The largest absolute Gasteiger partial charge is 1.00 e. The average molecular weight is 225 g/mol. The van der Waals surface area contributed by atoms with Crippen molar-refractivity contribution in [2.45, 2.75) is 6.92 Å². The van der Waals surface area contributed by atoms with Crippen LogP contribution in [0.15, 0.2) is 24.3 Å². The van der Waals surface area contributed by atoms with Crippen LogP contribution in [0.25, 0.3) is 0 Å². The molecule has 0 fully saturated rings. The van der Waals surface area contributed by atoms with E-state index in [0.29, 0.717) is 0 Å². The topological polar surface area (TPSA) is 40.1 Å². The van der Waals surface area contributed by atoms with Gasteiger partial charge in [-0.15, -0.1) is 0 Å². The van der Waals surface area contributed by atoms with E-state index in [-0.39, 0.29) is 115 Å². The first kappa shape index (κ1) is 23.4. The third-order valence-corrected chi connectivity index (χ3v) is 0.536. The van der Waals surface area contributed by atoms with Crippen molar-refractivity contribution in [1.29, 1.82) is 0 Å². The van der Waals surface area contributed by atoms with E-state index in [0.717, 1.165) is 6.08 Å². The number of allylic oxidation sites excluding steroid dienone is 3. The normalized spacial score (nSPS) is 8.09. The molecule has 0 atom stereocenters. The van der Waals surface area contributed by atoms with E-state index >= 15 is 0 Å². The van der Waals surface area contributed by atoms with Gasteiger partial charge in [0.2, 0.25) is 0 Å². The van der Waals surface area contributed by atoms with Crippen molar-refractivity contribution in [3.05, 3.63) is 24.3 Å². The maximum Gasteiger partial charge on any atom is 1.00 e. The van der Waals surface area contributed by atoms with Gasteiger partial charge in [0.05, 0.1) is 5.97 Å². The van der Waals surface area contributed by atoms with E-state index in [2.05, 4.69) is 0 Å². The van der Waals surface area contributed by atoms with Gasteiger partial charge >= 0.3 is 103 Å². The standard InChI is InChI=1S/C6H8O2.ClH.2K/c1-2-3-4-5-6(7)8;;;/h2-5H,1H3,(H,7,8);1H;;/q;;2*+1/p-2/b3-2+,5-4+;;;. The van der Waals surface area contributed by atoms with E-state index in [1.807, 2.05) is 0 Å². The molecule has 0 amide bonds. The Labute approximate surface area is 158 Å². The van der Waals surface area contributed by atoms with E-state index < -0.39 is 5.97 Å². The predicted molar refractivity (Wildman–Crippen MR) is 29.0 cm³/mol. The number of hydrogen-bond donors (Lipinski definition) is 0. The zero-order valence-corrected chi connectivity index (χ0v) is 14.0. The second-order valence-corrected chi connectivity index (χ2v) is 1.20. The molecule has 0 radical (unpaired) electrons. The summed E-state index contributed by atoms with van der Waals surface area (Å²) >= 11 is 0. The first-order valence-electron chi connectivity index (χ1n) is 2.27.